The van der Waals surface area contributed by atoms with Gasteiger partial charge >= 0.3 is 0 Å². The molecule has 1 aliphatic carbocycles. The number of hydrogen-bond donors (Lipinski definition) is 0. The van der Waals surface area contributed by atoms with Gasteiger partial charge in [0.15, 0.2) is 0 Å². The van der Waals surface area contributed by atoms with Crippen LogP contribution in [0.4, 0.5) is 0 Å². The van der Waals surface area contributed by atoms with Gasteiger partial charge in [-0.15, -0.1) is 0 Å². The number of hydrogen-bond acceptors (Lipinski definition) is 2. The molecule has 1 fully saturated rings. The molecule has 1 aliphatic rings. The molecule has 1 aromatic carbocycles. The number of aromatic nitrogens is 2. The maximum absolute atomic E-state index is 6.51. The van der Waals surface area contributed by atoms with Crippen molar-refractivity contribution in [2.75, 3.05) is 19.6 Å². The predicted octanol–water partition coefficient (Wildman–Crippen LogP) is 5.86. The number of nitrogens with zero attached hydrogens (tertiary/aromatic N) is 3. The highest BCUT2D eigenvalue weighted by Crippen LogP contribution is 2.41. The van der Waals surface area contributed by atoms with Crippen LogP contribution in [0.2, 0.25) is 5.02 Å². The minimum Gasteiger partial charge on any atom is -0.326 e. The van der Waals surface area contributed by atoms with E-state index in [9.17, 15) is 0 Å². The average Bonchev–Trinajstić information content (AvgIpc) is 3.39. The molecule has 25 heavy (non-hydrogen) atoms. The summed E-state index contributed by atoms with van der Waals surface area (Å²) in [5.41, 5.74) is 2.20. The van der Waals surface area contributed by atoms with E-state index in [0.29, 0.717) is 5.92 Å². The predicted molar refractivity (Wildman–Crippen MR) is 108 cm³/mol. The summed E-state index contributed by atoms with van der Waals surface area (Å²) in [5, 5.41) is 0.839. The molecule has 3 rings (SSSR count). The van der Waals surface area contributed by atoms with Gasteiger partial charge in [-0.25, -0.2) is 4.98 Å². The van der Waals surface area contributed by atoms with E-state index >= 15 is 0 Å². The van der Waals surface area contributed by atoms with Gasteiger partial charge in [0.25, 0.3) is 0 Å². The second kappa shape index (κ2) is 9.05. The summed E-state index contributed by atoms with van der Waals surface area (Å²) in [4.78, 5) is 7.54. The summed E-state index contributed by atoms with van der Waals surface area (Å²) >= 11 is 6.51. The Kier molecular flexibility index (Phi) is 6.77. The normalized spacial score (nSPS) is 14.7. The lowest BCUT2D eigenvalue weighted by Crippen LogP contribution is -2.28. The Morgan fingerprint density at radius 3 is 2.40 bits per heavy atom. The van der Waals surface area contributed by atoms with Gasteiger partial charge in [-0.2, -0.15) is 0 Å². The van der Waals surface area contributed by atoms with Gasteiger partial charge < -0.3 is 9.47 Å². The van der Waals surface area contributed by atoms with E-state index in [2.05, 4.69) is 29.4 Å². The molecule has 4 heteroatoms. The van der Waals surface area contributed by atoms with Crippen LogP contribution in [0.25, 0.3) is 11.0 Å². The van der Waals surface area contributed by atoms with Crippen LogP contribution in [0.3, 0.4) is 0 Å². The Bertz CT molecular complexity index is 667. The zero-order valence-corrected chi connectivity index (χ0v) is 16.6. The van der Waals surface area contributed by atoms with Gasteiger partial charge in [0.2, 0.25) is 0 Å². The Hall–Kier alpha value is -1.06. The minimum absolute atomic E-state index is 0.653. The molecule has 0 aliphatic heterocycles. The SMILES string of the molecule is CCCCN(CCCC)CCCn1c(C2CC2)nc2cccc(Cl)c21. The number of unbranched alkanes of at least 4 members (excludes halogenated alkanes) is 2. The van der Waals surface area contributed by atoms with E-state index in [4.69, 9.17) is 16.6 Å². The quantitative estimate of drug-likeness (QED) is 0.499. The Morgan fingerprint density at radius 2 is 1.76 bits per heavy atom. The van der Waals surface area contributed by atoms with E-state index in [0.717, 1.165) is 22.6 Å². The van der Waals surface area contributed by atoms with Crippen LogP contribution in [0.1, 0.15) is 70.5 Å². The van der Waals surface area contributed by atoms with Crippen molar-refractivity contribution >= 4 is 22.6 Å². The molecular formula is C21H32ClN3. The van der Waals surface area contributed by atoms with Crippen LogP contribution in [-0.4, -0.2) is 34.1 Å². The molecule has 0 spiro atoms. The summed E-state index contributed by atoms with van der Waals surface area (Å²) in [6.07, 6.45) is 8.88. The maximum Gasteiger partial charge on any atom is 0.113 e. The van der Waals surface area contributed by atoms with Gasteiger partial charge in [0, 0.05) is 12.5 Å². The third-order valence-electron chi connectivity index (χ3n) is 5.20. The van der Waals surface area contributed by atoms with Crippen molar-refractivity contribution in [1.29, 1.82) is 0 Å². The molecule has 1 saturated carbocycles. The van der Waals surface area contributed by atoms with E-state index in [1.807, 2.05) is 12.1 Å². The second-order valence-corrected chi connectivity index (χ2v) is 7.81. The van der Waals surface area contributed by atoms with E-state index in [1.54, 1.807) is 0 Å². The molecule has 3 nitrogen and oxygen atoms in total. The average molecular weight is 362 g/mol. The Labute approximate surface area is 157 Å². The fourth-order valence-electron chi connectivity index (χ4n) is 3.59. The molecular weight excluding hydrogens is 330 g/mol. The number of rotatable bonds is 11. The number of para-hydroxylation sites is 1. The van der Waals surface area contributed by atoms with Crippen molar-refractivity contribution in [1.82, 2.24) is 14.5 Å². The molecule has 2 aromatic rings. The lowest BCUT2D eigenvalue weighted by molar-refractivity contribution is 0.257. The molecule has 1 aromatic heterocycles. The molecule has 0 atom stereocenters. The number of aryl methyl sites for hydroxylation is 1. The molecule has 0 amide bonds. The van der Waals surface area contributed by atoms with Crippen LogP contribution < -0.4 is 0 Å². The maximum atomic E-state index is 6.51. The van der Waals surface area contributed by atoms with Crippen LogP contribution >= 0.6 is 11.6 Å². The first kappa shape index (κ1) is 18.7. The highest BCUT2D eigenvalue weighted by Gasteiger charge is 2.29. The highest BCUT2D eigenvalue weighted by molar-refractivity contribution is 6.35. The van der Waals surface area contributed by atoms with Crippen molar-refractivity contribution < 1.29 is 0 Å². The molecule has 138 valence electrons. The standard InChI is InChI=1S/C21H32ClN3/c1-3-5-13-24(14-6-4-2)15-8-16-25-20-18(22)9-7-10-19(20)23-21(25)17-11-12-17/h7,9-10,17H,3-6,8,11-16H2,1-2H3. The lowest BCUT2D eigenvalue weighted by atomic mass is 10.2. The smallest absolute Gasteiger partial charge is 0.113 e. The zero-order valence-electron chi connectivity index (χ0n) is 15.8. The van der Waals surface area contributed by atoms with Crippen LogP contribution in [0.15, 0.2) is 18.2 Å². The van der Waals surface area contributed by atoms with Crippen LogP contribution in [0.5, 0.6) is 0 Å². The van der Waals surface area contributed by atoms with Crippen molar-refractivity contribution in [3.8, 4) is 0 Å². The summed E-state index contributed by atoms with van der Waals surface area (Å²) in [5.74, 6) is 1.91. The Morgan fingerprint density at radius 1 is 1.08 bits per heavy atom. The van der Waals surface area contributed by atoms with Crippen LogP contribution in [-0.2, 0) is 6.54 Å². The van der Waals surface area contributed by atoms with Crippen molar-refractivity contribution in [3.63, 3.8) is 0 Å². The van der Waals surface area contributed by atoms with Gasteiger partial charge in [0.1, 0.15) is 5.82 Å². The zero-order chi connectivity index (χ0) is 17.6. The Balaban J connectivity index is 1.68. The first-order valence-corrected chi connectivity index (χ1v) is 10.5. The monoisotopic (exact) mass is 361 g/mol. The fraction of sp³-hybridized carbons (Fsp3) is 0.667. The first-order chi connectivity index (χ1) is 12.2. The molecule has 0 bridgehead atoms. The van der Waals surface area contributed by atoms with E-state index in [-0.39, 0.29) is 0 Å². The summed E-state index contributed by atoms with van der Waals surface area (Å²) in [7, 11) is 0. The van der Waals surface area contributed by atoms with Crippen molar-refractivity contribution in [3.05, 3.63) is 29.0 Å². The minimum atomic E-state index is 0.653. The number of imidazole rings is 1. The number of benzene rings is 1. The second-order valence-electron chi connectivity index (χ2n) is 7.41. The topological polar surface area (TPSA) is 21.1 Å². The fourth-order valence-corrected chi connectivity index (χ4v) is 3.86. The molecule has 0 radical (unpaired) electrons. The van der Waals surface area contributed by atoms with Crippen molar-refractivity contribution in [2.24, 2.45) is 0 Å². The first-order valence-electron chi connectivity index (χ1n) is 10.1. The van der Waals surface area contributed by atoms with E-state index in [1.165, 1.54) is 70.4 Å². The third kappa shape index (κ3) is 4.77. The third-order valence-corrected chi connectivity index (χ3v) is 5.51. The van der Waals surface area contributed by atoms with Crippen molar-refractivity contribution in [2.45, 2.75) is 71.3 Å². The number of halogens is 1. The van der Waals surface area contributed by atoms with Gasteiger partial charge in [-0.1, -0.05) is 44.4 Å². The largest absolute Gasteiger partial charge is 0.326 e. The molecule has 0 N–H and O–H groups in total. The molecule has 1 heterocycles. The lowest BCUT2D eigenvalue weighted by Gasteiger charge is -2.22. The highest BCUT2D eigenvalue weighted by atomic mass is 35.5. The number of fused-ring (bicyclic) bond motifs is 1. The summed E-state index contributed by atoms with van der Waals surface area (Å²) in [6.45, 7) is 9.23. The van der Waals surface area contributed by atoms with E-state index < -0.39 is 0 Å². The summed E-state index contributed by atoms with van der Waals surface area (Å²) in [6, 6.07) is 6.10. The van der Waals surface area contributed by atoms with Gasteiger partial charge in [0.05, 0.1) is 16.1 Å². The molecule has 0 saturated heterocycles. The van der Waals surface area contributed by atoms with Gasteiger partial charge in [-0.05, 0) is 63.9 Å². The van der Waals surface area contributed by atoms with Crippen LogP contribution in [0, 0.1) is 0 Å². The molecule has 0 unspecified atom stereocenters. The van der Waals surface area contributed by atoms with Gasteiger partial charge in [-0.3, -0.25) is 0 Å². The summed E-state index contributed by atoms with van der Waals surface area (Å²) < 4.78 is 2.41.